The van der Waals surface area contributed by atoms with Crippen LogP contribution in [-0.4, -0.2) is 29.5 Å². The van der Waals surface area contributed by atoms with E-state index in [9.17, 15) is 9.59 Å². The van der Waals surface area contributed by atoms with Crippen LogP contribution in [0.15, 0.2) is 27.7 Å². The zero-order valence-electron chi connectivity index (χ0n) is 11.5. The first kappa shape index (κ1) is 15.1. The highest BCUT2D eigenvalue weighted by Gasteiger charge is 2.23. The predicted octanol–water partition coefficient (Wildman–Crippen LogP) is 3.05. The fourth-order valence-corrected chi connectivity index (χ4v) is 3.61. The van der Waals surface area contributed by atoms with Crippen molar-refractivity contribution in [2.45, 2.75) is 13.8 Å². The molecule has 20 heavy (non-hydrogen) atoms. The fraction of sp³-hybridized carbons (Fsp3) is 0.286. The molecule has 1 aliphatic rings. The average Bonchev–Trinajstić information content (AvgIpc) is 2.66. The van der Waals surface area contributed by atoms with Gasteiger partial charge in [-0.3, -0.25) is 9.59 Å². The Bertz CT molecular complexity index is 590. The van der Waals surface area contributed by atoms with E-state index in [0.717, 1.165) is 21.3 Å². The fourth-order valence-electron chi connectivity index (χ4n) is 1.97. The van der Waals surface area contributed by atoms with Crippen molar-refractivity contribution in [1.29, 1.82) is 0 Å². The molecule has 1 heterocycles. The monoisotopic (exact) mass is 354 g/mol. The molecule has 1 saturated heterocycles. The van der Waals surface area contributed by atoms with Gasteiger partial charge in [-0.1, -0.05) is 27.7 Å². The van der Waals surface area contributed by atoms with Crippen molar-refractivity contribution in [2.75, 3.05) is 18.1 Å². The summed E-state index contributed by atoms with van der Waals surface area (Å²) in [4.78, 5) is 25.0. The Morgan fingerprint density at radius 3 is 2.50 bits per heavy atom. The molecule has 0 spiro atoms. The highest BCUT2D eigenvalue weighted by molar-refractivity contribution is 9.10. The Hall–Kier alpha value is -1.27. The number of nitrogens with zero attached hydrogens (tertiary/aromatic N) is 1. The van der Waals surface area contributed by atoms with E-state index in [-0.39, 0.29) is 11.8 Å². The van der Waals surface area contributed by atoms with E-state index in [1.54, 1.807) is 7.05 Å². The van der Waals surface area contributed by atoms with Gasteiger partial charge in [0.25, 0.3) is 5.91 Å². The van der Waals surface area contributed by atoms with Crippen LogP contribution in [0.4, 0.5) is 5.69 Å². The van der Waals surface area contributed by atoms with Crippen LogP contribution in [0.25, 0.3) is 0 Å². The molecular formula is C14H15BrN2O2S. The lowest BCUT2D eigenvalue weighted by Crippen LogP contribution is -2.20. The van der Waals surface area contributed by atoms with E-state index in [0.29, 0.717) is 10.8 Å². The third-order valence-electron chi connectivity index (χ3n) is 3.05. The van der Waals surface area contributed by atoms with Crippen molar-refractivity contribution < 1.29 is 9.59 Å². The van der Waals surface area contributed by atoms with Gasteiger partial charge in [-0.2, -0.15) is 0 Å². The number of hydrogen-bond donors (Lipinski definition) is 1. The number of nitrogens with one attached hydrogen (secondary N) is 1. The second-order valence-corrected chi connectivity index (χ2v) is 6.54. The summed E-state index contributed by atoms with van der Waals surface area (Å²) in [5.74, 6) is 0.194. The van der Waals surface area contributed by atoms with Crippen LogP contribution in [-0.2, 0) is 9.59 Å². The Morgan fingerprint density at radius 2 is 2.00 bits per heavy atom. The van der Waals surface area contributed by atoms with Crippen LogP contribution in [0.2, 0.25) is 0 Å². The van der Waals surface area contributed by atoms with Gasteiger partial charge < -0.3 is 10.2 Å². The van der Waals surface area contributed by atoms with Gasteiger partial charge in [0, 0.05) is 23.3 Å². The molecule has 0 bridgehead atoms. The van der Waals surface area contributed by atoms with E-state index in [4.69, 9.17) is 0 Å². The van der Waals surface area contributed by atoms with Crippen LogP contribution in [0, 0.1) is 13.8 Å². The number of amides is 2. The van der Waals surface area contributed by atoms with E-state index in [2.05, 4.69) is 21.2 Å². The van der Waals surface area contributed by atoms with Crippen LogP contribution >= 0.6 is 27.7 Å². The van der Waals surface area contributed by atoms with Crippen molar-refractivity contribution in [2.24, 2.45) is 0 Å². The highest BCUT2D eigenvalue weighted by atomic mass is 79.9. The minimum Gasteiger partial charge on any atom is -0.322 e. The number of hydrogen-bond acceptors (Lipinski definition) is 3. The van der Waals surface area contributed by atoms with Gasteiger partial charge in [-0.05, 0) is 37.1 Å². The molecule has 4 nitrogen and oxygen atoms in total. The third-order valence-corrected chi connectivity index (χ3v) is 4.59. The molecule has 106 valence electrons. The van der Waals surface area contributed by atoms with Gasteiger partial charge in [0.15, 0.2) is 0 Å². The van der Waals surface area contributed by atoms with E-state index in [1.165, 1.54) is 22.7 Å². The van der Waals surface area contributed by atoms with Gasteiger partial charge in [0.05, 0.1) is 10.8 Å². The number of carbonyl (C=O) groups is 2. The molecule has 0 aliphatic carbocycles. The number of rotatable bonds is 2. The molecule has 2 rings (SSSR count). The number of aryl methyl sites for hydroxylation is 2. The molecule has 2 amide bonds. The summed E-state index contributed by atoms with van der Waals surface area (Å²) in [6.07, 6.45) is 1.47. The minimum atomic E-state index is -0.220. The van der Waals surface area contributed by atoms with Crippen molar-refractivity contribution in [3.05, 3.63) is 38.8 Å². The van der Waals surface area contributed by atoms with Crippen molar-refractivity contribution >= 4 is 45.2 Å². The molecule has 0 aromatic heterocycles. The topological polar surface area (TPSA) is 49.4 Å². The Morgan fingerprint density at radius 1 is 1.40 bits per heavy atom. The maximum atomic E-state index is 12.1. The molecule has 1 N–H and O–H groups in total. The van der Waals surface area contributed by atoms with Gasteiger partial charge in [0.2, 0.25) is 5.91 Å². The number of anilines is 1. The van der Waals surface area contributed by atoms with Crippen molar-refractivity contribution in [1.82, 2.24) is 4.90 Å². The quantitative estimate of drug-likeness (QED) is 0.830. The lowest BCUT2D eigenvalue weighted by molar-refractivity contribution is -0.124. The number of halogens is 1. The number of benzene rings is 1. The van der Waals surface area contributed by atoms with E-state index in [1.807, 2.05) is 26.0 Å². The highest BCUT2D eigenvalue weighted by Crippen LogP contribution is 2.28. The molecule has 1 aromatic rings. The lowest BCUT2D eigenvalue weighted by Gasteiger charge is -2.12. The van der Waals surface area contributed by atoms with Crippen molar-refractivity contribution in [3.8, 4) is 0 Å². The average molecular weight is 355 g/mol. The SMILES string of the molecule is Cc1cc(Br)cc(C)c1NC(=O)/C=C1\SCC(=O)N1C. The normalized spacial score (nSPS) is 16.9. The molecule has 1 fully saturated rings. The van der Waals surface area contributed by atoms with Crippen LogP contribution < -0.4 is 5.32 Å². The molecule has 6 heteroatoms. The summed E-state index contributed by atoms with van der Waals surface area (Å²) < 4.78 is 0.987. The standard InChI is InChI=1S/C14H15BrN2O2S/c1-8-4-10(15)5-9(2)14(8)16-11(18)6-13-17(3)12(19)7-20-13/h4-6H,7H2,1-3H3,(H,16,18)/b13-6-. The zero-order valence-corrected chi connectivity index (χ0v) is 13.9. The van der Waals surface area contributed by atoms with Crippen molar-refractivity contribution in [3.63, 3.8) is 0 Å². The van der Waals surface area contributed by atoms with Gasteiger partial charge >= 0.3 is 0 Å². The molecular weight excluding hydrogens is 340 g/mol. The summed E-state index contributed by atoms with van der Waals surface area (Å²) in [6.45, 7) is 3.89. The number of thioether (sulfide) groups is 1. The van der Waals surface area contributed by atoms with E-state index >= 15 is 0 Å². The molecule has 0 saturated carbocycles. The summed E-state index contributed by atoms with van der Waals surface area (Å²) in [6, 6.07) is 3.91. The Labute approximate surface area is 130 Å². The number of carbonyl (C=O) groups excluding carboxylic acids is 2. The third kappa shape index (κ3) is 3.24. The smallest absolute Gasteiger partial charge is 0.251 e. The minimum absolute atomic E-state index is 0.0186. The summed E-state index contributed by atoms with van der Waals surface area (Å²) in [5.41, 5.74) is 2.80. The second-order valence-electron chi connectivity index (χ2n) is 4.63. The van der Waals surface area contributed by atoms with Gasteiger partial charge in [-0.15, -0.1) is 0 Å². The van der Waals surface area contributed by atoms with E-state index < -0.39 is 0 Å². The molecule has 0 radical (unpaired) electrons. The zero-order chi connectivity index (χ0) is 14.9. The lowest BCUT2D eigenvalue weighted by atomic mass is 10.1. The first-order valence-electron chi connectivity index (χ1n) is 6.07. The van der Waals surface area contributed by atoms with Gasteiger partial charge in [0.1, 0.15) is 0 Å². The molecule has 0 atom stereocenters. The first-order valence-corrected chi connectivity index (χ1v) is 7.85. The first-order chi connectivity index (χ1) is 9.38. The Kier molecular flexibility index (Phi) is 4.55. The molecule has 1 aromatic carbocycles. The molecule has 1 aliphatic heterocycles. The summed E-state index contributed by atoms with van der Waals surface area (Å²) >= 11 is 4.80. The largest absolute Gasteiger partial charge is 0.322 e. The van der Waals surface area contributed by atoms with Gasteiger partial charge in [-0.25, -0.2) is 0 Å². The van der Waals surface area contributed by atoms with Crippen LogP contribution in [0.3, 0.4) is 0 Å². The van der Waals surface area contributed by atoms with Crippen LogP contribution in [0.5, 0.6) is 0 Å². The molecule has 0 unspecified atom stereocenters. The Balaban J connectivity index is 2.17. The second kappa shape index (κ2) is 6.01. The predicted molar refractivity (Wildman–Crippen MR) is 85.6 cm³/mol. The maximum Gasteiger partial charge on any atom is 0.251 e. The maximum absolute atomic E-state index is 12.1. The summed E-state index contributed by atoms with van der Waals surface area (Å²) in [7, 11) is 1.68. The summed E-state index contributed by atoms with van der Waals surface area (Å²) in [5, 5.41) is 3.56. The van der Waals surface area contributed by atoms with Crippen LogP contribution in [0.1, 0.15) is 11.1 Å².